The number of carbonyl (C=O) groups excluding carboxylic acids is 1. The van der Waals surface area contributed by atoms with Crippen LogP contribution in [0.4, 0.5) is 5.69 Å². The second kappa shape index (κ2) is 11.0. The molecule has 1 saturated heterocycles. The van der Waals surface area contributed by atoms with Crippen molar-refractivity contribution in [2.75, 3.05) is 30.5 Å². The summed E-state index contributed by atoms with van der Waals surface area (Å²) < 4.78 is 30.4. The minimum atomic E-state index is -3.94. The lowest BCUT2D eigenvalue weighted by molar-refractivity contribution is 0.0954. The molecule has 5 aromatic rings. The lowest BCUT2D eigenvalue weighted by Crippen LogP contribution is -2.34. The number of hydrogen-bond donors (Lipinski definition) is 2. The number of aromatic amines is 1. The van der Waals surface area contributed by atoms with Crippen molar-refractivity contribution in [1.82, 2.24) is 20.2 Å². The Morgan fingerprint density at radius 2 is 1.80 bits per heavy atom. The number of para-hydroxylation sites is 2. The number of likely N-dealkylation sites (tertiary alicyclic amines) is 1. The number of H-pyrrole nitrogens is 1. The first kappa shape index (κ1) is 26.5. The maximum Gasteiger partial charge on any atom is 0.264 e. The van der Waals surface area contributed by atoms with Crippen molar-refractivity contribution in [1.29, 1.82) is 0 Å². The van der Waals surface area contributed by atoms with Crippen molar-refractivity contribution < 1.29 is 13.2 Å². The zero-order valence-electron chi connectivity index (χ0n) is 22.2. The Hall–Kier alpha value is -3.73. The van der Waals surface area contributed by atoms with Gasteiger partial charge in [0.1, 0.15) is 11.9 Å². The van der Waals surface area contributed by atoms with Gasteiger partial charge in [0, 0.05) is 17.8 Å². The second-order valence-corrected chi connectivity index (χ2v) is 13.0. The summed E-state index contributed by atoms with van der Waals surface area (Å²) in [4.78, 5) is 24.0. The Balaban J connectivity index is 1.33. The van der Waals surface area contributed by atoms with Crippen LogP contribution in [-0.4, -0.2) is 55.4 Å². The average molecular weight is 574 g/mol. The molecule has 2 aromatic heterocycles. The molecule has 0 saturated carbocycles. The van der Waals surface area contributed by atoms with Crippen molar-refractivity contribution in [2.45, 2.75) is 30.7 Å². The van der Waals surface area contributed by atoms with E-state index in [4.69, 9.17) is 4.98 Å². The van der Waals surface area contributed by atoms with E-state index in [9.17, 15) is 13.2 Å². The molecule has 3 aromatic carbocycles. The van der Waals surface area contributed by atoms with E-state index < -0.39 is 16.1 Å². The molecule has 1 amide bonds. The molecule has 3 heterocycles. The van der Waals surface area contributed by atoms with Crippen molar-refractivity contribution in [3.63, 3.8) is 0 Å². The molecule has 2 N–H and O–H groups in total. The van der Waals surface area contributed by atoms with Gasteiger partial charge in [0.15, 0.2) is 0 Å². The summed E-state index contributed by atoms with van der Waals surface area (Å²) in [5, 5.41) is 3.85. The molecule has 10 heteroatoms. The van der Waals surface area contributed by atoms with Crippen LogP contribution in [0.3, 0.4) is 0 Å². The van der Waals surface area contributed by atoms with Crippen LogP contribution in [0.1, 0.15) is 41.3 Å². The molecule has 1 aliphatic rings. The summed E-state index contributed by atoms with van der Waals surface area (Å²) in [6.45, 7) is 5.48. The standard InChI is InChI=1S/C30H31N5O3S2/c1-21(29-32-25-11-5-6-12-26(25)33-29)35(40(37,38)24-9-3-2-4-10-24)23-13-14-27-22(19-23)20-28(39-27)30(36)31-15-18-34-16-7-8-17-34/h2-6,9-14,19-21H,7-8,15-18H2,1H3,(H,31,36)(H,32,33). The van der Waals surface area contributed by atoms with E-state index in [0.29, 0.717) is 22.9 Å². The molecule has 1 unspecified atom stereocenters. The number of amides is 1. The van der Waals surface area contributed by atoms with Crippen LogP contribution in [0.15, 0.2) is 83.8 Å². The first-order valence-corrected chi connectivity index (χ1v) is 15.7. The third kappa shape index (κ3) is 5.22. The van der Waals surface area contributed by atoms with E-state index in [1.54, 1.807) is 36.4 Å². The van der Waals surface area contributed by atoms with Crippen LogP contribution in [0.5, 0.6) is 0 Å². The summed E-state index contributed by atoms with van der Waals surface area (Å²) >= 11 is 1.41. The van der Waals surface area contributed by atoms with Crippen LogP contribution in [-0.2, 0) is 10.0 Å². The number of sulfonamides is 1. The largest absolute Gasteiger partial charge is 0.350 e. The van der Waals surface area contributed by atoms with Gasteiger partial charge in [-0.15, -0.1) is 11.3 Å². The average Bonchev–Trinajstić information content (AvgIpc) is 3.73. The van der Waals surface area contributed by atoms with Gasteiger partial charge < -0.3 is 15.2 Å². The van der Waals surface area contributed by atoms with Gasteiger partial charge in [-0.05, 0) is 86.8 Å². The third-order valence-corrected chi connectivity index (χ3v) is 10.4. The molecule has 1 atom stereocenters. The highest BCUT2D eigenvalue weighted by Gasteiger charge is 2.32. The number of benzene rings is 3. The van der Waals surface area contributed by atoms with Gasteiger partial charge in [-0.3, -0.25) is 9.10 Å². The van der Waals surface area contributed by atoms with Crippen molar-refractivity contribution in [2.24, 2.45) is 0 Å². The zero-order chi connectivity index (χ0) is 27.7. The number of nitrogens with one attached hydrogen (secondary N) is 2. The van der Waals surface area contributed by atoms with Gasteiger partial charge in [-0.25, -0.2) is 13.4 Å². The number of rotatable bonds is 9. The lowest BCUT2D eigenvalue weighted by atomic mass is 10.2. The maximum atomic E-state index is 14.1. The number of thiophene rings is 1. The number of fused-ring (bicyclic) bond motifs is 2. The Bertz CT molecular complexity index is 1730. The number of nitrogens with zero attached hydrogens (tertiary/aromatic N) is 3. The zero-order valence-corrected chi connectivity index (χ0v) is 23.8. The molecule has 8 nitrogen and oxygen atoms in total. The number of carbonyl (C=O) groups is 1. The van der Waals surface area contributed by atoms with E-state index >= 15 is 0 Å². The summed E-state index contributed by atoms with van der Waals surface area (Å²) in [6, 6.07) is 22.8. The quantitative estimate of drug-likeness (QED) is 0.241. The minimum Gasteiger partial charge on any atom is -0.350 e. The van der Waals surface area contributed by atoms with E-state index in [-0.39, 0.29) is 10.8 Å². The second-order valence-electron chi connectivity index (χ2n) is 10.1. The predicted molar refractivity (Wildman–Crippen MR) is 160 cm³/mol. The highest BCUT2D eigenvalue weighted by molar-refractivity contribution is 7.92. The van der Waals surface area contributed by atoms with Gasteiger partial charge in [0.05, 0.1) is 26.5 Å². The minimum absolute atomic E-state index is 0.105. The molecule has 206 valence electrons. The molecule has 40 heavy (non-hydrogen) atoms. The van der Waals surface area contributed by atoms with E-state index in [1.165, 1.54) is 28.5 Å². The summed E-state index contributed by atoms with van der Waals surface area (Å²) in [7, 11) is -3.94. The summed E-state index contributed by atoms with van der Waals surface area (Å²) in [6.07, 6.45) is 2.44. The molecule has 0 bridgehead atoms. The fourth-order valence-electron chi connectivity index (χ4n) is 5.26. The van der Waals surface area contributed by atoms with Crippen LogP contribution in [0.25, 0.3) is 21.1 Å². The Morgan fingerprint density at radius 1 is 1.05 bits per heavy atom. The number of anilines is 1. The van der Waals surface area contributed by atoms with Crippen molar-refractivity contribution in [3.05, 3.63) is 89.6 Å². The van der Waals surface area contributed by atoms with E-state index in [0.717, 1.165) is 40.8 Å². The molecular formula is C30H31N5O3S2. The number of imidazole rings is 1. The molecule has 6 rings (SSSR count). The predicted octanol–water partition coefficient (Wildman–Crippen LogP) is 5.56. The van der Waals surface area contributed by atoms with Crippen LogP contribution >= 0.6 is 11.3 Å². The fourth-order valence-corrected chi connectivity index (χ4v) is 7.85. The molecule has 0 spiro atoms. The molecule has 0 aliphatic carbocycles. The smallest absolute Gasteiger partial charge is 0.264 e. The molecular weight excluding hydrogens is 542 g/mol. The van der Waals surface area contributed by atoms with Crippen LogP contribution < -0.4 is 9.62 Å². The van der Waals surface area contributed by atoms with Crippen LogP contribution in [0, 0.1) is 0 Å². The SMILES string of the molecule is CC(c1nc2ccccc2[nH]1)N(c1ccc2sc(C(=O)NCCN3CCCC3)cc2c1)S(=O)(=O)c1ccccc1. The lowest BCUT2D eigenvalue weighted by Gasteiger charge is -2.29. The number of aromatic nitrogens is 2. The van der Waals surface area contributed by atoms with Gasteiger partial charge in [0.2, 0.25) is 0 Å². The number of hydrogen-bond acceptors (Lipinski definition) is 6. The third-order valence-electron chi connectivity index (χ3n) is 7.35. The van der Waals surface area contributed by atoms with E-state index in [2.05, 4.69) is 15.2 Å². The molecule has 1 aliphatic heterocycles. The fraction of sp³-hybridized carbons (Fsp3) is 0.267. The Morgan fingerprint density at radius 3 is 2.58 bits per heavy atom. The highest BCUT2D eigenvalue weighted by Crippen LogP contribution is 2.36. The van der Waals surface area contributed by atoms with Crippen molar-refractivity contribution >= 4 is 54.1 Å². The van der Waals surface area contributed by atoms with Gasteiger partial charge in [0.25, 0.3) is 15.9 Å². The van der Waals surface area contributed by atoms with E-state index in [1.807, 2.05) is 49.4 Å². The maximum absolute atomic E-state index is 14.1. The topological polar surface area (TPSA) is 98.4 Å². The first-order chi connectivity index (χ1) is 19.4. The highest BCUT2D eigenvalue weighted by atomic mass is 32.2. The Labute approximate surface area is 237 Å². The monoisotopic (exact) mass is 573 g/mol. The van der Waals surface area contributed by atoms with Gasteiger partial charge in [-0.1, -0.05) is 30.3 Å². The Kier molecular flexibility index (Phi) is 7.31. The summed E-state index contributed by atoms with van der Waals surface area (Å²) in [5.74, 6) is 0.440. The van der Waals surface area contributed by atoms with Crippen LogP contribution in [0.2, 0.25) is 0 Å². The molecule has 0 radical (unpaired) electrons. The van der Waals surface area contributed by atoms with Gasteiger partial charge in [-0.2, -0.15) is 0 Å². The summed E-state index contributed by atoms with van der Waals surface area (Å²) in [5.41, 5.74) is 2.12. The van der Waals surface area contributed by atoms with Crippen molar-refractivity contribution in [3.8, 4) is 0 Å². The molecule has 1 fully saturated rings. The normalized spacial score (nSPS) is 15.0. The first-order valence-electron chi connectivity index (χ1n) is 13.5. The van der Waals surface area contributed by atoms with Gasteiger partial charge >= 0.3 is 0 Å².